The van der Waals surface area contributed by atoms with E-state index in [1.807, 2.05) is 25.1 Å². The zero-order valence-electron chi connectivity index (χ0n) is 12.5. The van der Waals surface area contributed by atoms with Crippen LogP contribution in [0.25, 0.3) is 0 Å². The van der Waals surface area contributed by atoms with E-state index in [4.69, 9.17) is 10.5 Å². The molecule has 6 heteroatoms. The lowest BCUT2D eigenvalue weighted by Crippen LogP contribution is -2.24. The lowest BCUT2D eigenvalue weighted by molar-refractivity contribution is 0.128. The van der Waals surface area contributed by atoms with Gasteiger partial charge < -0.3 is 15.4 Å². The Morgan fingerprint density at radius 2 is 2.10 bits per heavy atom. The second-order valence-corrected chi connectivity index (χ2v) is 4.54. The fourth-order valence-corrected chi connectivity index (χ4v) is 1.96. The van der Waals surface area contributed by atoms with Crippen molar-refractivity contribution in [1.29, 1.82) is 0 Å². The van der Waals surface area contributed by atoms with E-state index in [2.05, 4.69) is 26.8 Å². The molecular weight excluding hydrogens is 266 g/mol. The highest BCUT2D eigenvalue weighted by atomic mass is 16.5. The Morgan fingerprint density at radius 3 is 2.76 bits per heavy atom. The van der Waals surface area contributed by atoms with Crippen LogP contribution >= 0.6 is 0 Å². The van der Waals surface area contributed by atoms with Crippen LogP contribution in [-0.4, -0.2) is 28.1 Å². The molecule has 2 N–H and O–H groups in total. The standard InChI is InChI=1S/C15H21N5O/c1-3-20(10-12-7-5-6-8-17-12)15-9-13(16)18-14(19-15)11-21-4-2/h5-9H,3-4,10-11H2,1-2H3,(H2,16,18,19). The van der Waals surface area contributed by atoms with Gasteiger partial charge >= 0.3 is 0 Å². The Morgan fingerprint density at radius 1 is 1.24 bits per heavy atom. The van der Waals surface area contributed by atoms with Crippen LogP contribution in [0.2, 0.25) is 0 Å². The Balaban J connectivity index is 2.19. The number of hydrogen-bond acceptors (Lipinski definition) is 6. The molecule has 0 saturated heterocycles. The zero-order chi connectivity index (χ0) is 15.1. The summed E-state index contributed by atoms with van der Waals surface area (Å²) in [5.74, 6) is 1.85. The topological polar surface area (TPSA) is 77.2 Å². The molecule has 2 rings (SSSR count). The molecule has 0 aromatic carbocycles. The third kappa shape index (κ3) is 4.39. The Labute approximate surface area is 125 Å². The van der Waals surface area contributed by atoms with Crippen molar-refractivity contribution in [2.24, 2.45) is 0 Å². The van der Waals surface area contributed by atoms with Crippen LogP contribution in [0.5, 0.6) is 0 Å². The highest BCUT2D eigenvalue weighted by molar-refractivity contribution is 5.47. The number of rotatable bonds is 7. The normalized spacial score (nSPS) is 10.6. The van der Waals surface area contributed by atoms with Gasteiger partial charge in [-0.15, -0.1) is 0 Å². The monoisotopic (exact) mass is 287 g/mol. The molecule has 0 radical (unpaired) electrons. The number of anilines is 2. The molecule has 0 spiro atoms. The smallest absolute Gasteiger partial charge is 0.158 e. The first-order chi connectivity index (χ1) is 10.2. The van der Waals surface area contributed by atoms with E-state index in [0.717, 1.165) is 18.1 Å². The van der Waals surface area contributed by atoms with E-state index in [-0.39, 0.29) is 0 Å². The summed E-state index contributed by atoms with van der Waals surface area (Å²) < 4.78 is 5.35. The van der Waals surface area contributed by atoms with Gasteiger partial charge in [0.1, 0.15) is 18.2 Å². The van der Waals surface area contributed by atoms with E-state index >= 15 is 0 Å². The minimum atomic E-state index is 0.371. The van der Waals surface area contributed by atoms with Crippen molar-refractivity contribution in [2.75, 3.05) is 23.8 Å². The van der Waals surface area contributed by atoms with Gasteiger partial charge in [0.05, 0.1) is 12.2 Å². The number of hydrogen-bond donors (Lipinski definition) is 1. The highest BCUT2D eigenvalue weighted by Gasteiger charge is 2.10. The Bertz CT molecular complexity index is 561. The van der Waals surface area contributed by atoms with Crippen LogP contribution in [0, 0.1) is 0 Å². The number of nitrogens with zero attached hydrogens (tertiary/aromatic N) is 4. The van der Waals surface area contributed by atoms with Crippen LogP contribution in [0.3, 0.4) is 0 Å². The number of nitrogen functional groups attached to an aromatic ring is 1. The van der Waals surface area contributed by atoms with Gasteiger partial charge in [-0.3, -0.25) is 4.98 Å². The van der Waals surface area contributed by atoms with E-state index < -0.39 is 0 Å². The lowest BCUT2D eigenvalue weighted by atomic mass is 10.3. The minimum absolute atomic E-state index is 0.371. The molecule has 0 aliphatic heterocycles. The zero-order valence-corrected chi connectivity index (χ0v) is 12.5. The molecule has 0 atom stereocenters. The van der Waals surface area contributed by atoms with Crippen LogP contribution in [0.1, 0.15) is 25.4 Å². The molecule has 0 unspecified atom stereocenters. The first kappa shape index (κ1) is 15.2. The number of nitrogens with two attached hydrogens (primary N) is 1. The van der Waals surface area contributed by atoms with E-state index in [1.165, 1.54) is 0 Å². The highest BCUT2D eigenvalue weighted by Crippen LogP contribution is 2.16. The molecule has 2 heterocycles. The molecule has 0 saturated carbocycles. The SMILES string of the molecule is CCOCc1nc(N)cc(N(CC)Cc2ccccn2)n1. The van der Waals surface area contributed by atoms with Gasteiger partial charge in [0.15, 0.2) is 5.82 Å². The molecule has 0 fully saturated rings. The first-order valence-electron chi connectivity index (χ1n) is 7.09. The minimum Gasteiger partial charge on any atom is -0.384 e. The van der Waals surface area contributed by atoms with Crippen molar-refractivity contribution >= 4 is 11.6 Å². The number of pyridine rings is 1. The summed E-state index contributed by atoms with van der Waals surface area (Å²) in [6, 6.07) is 7.66. The van der Waals surface area contributed by atoms with Crippen molar-refractivity contribution in [3.8, 4) is 0 Å². The number of aromatic nitrogens is 3. The van der Waals surface area contributed by atoms with Crippen molar-refractivity contribution in [3.05, 3.63) is 42.0 Å². The third-order valence-electron chi connectivity index (χ3n) is 3.00. The van der Waals surface area contributed by atoms with Crippen molar-refractivity contribution in [2.45, 2.75) is 27.0 Å². The van der Waals surface area contributed by atoms with Gasteiger partial charge in [0, 0.05) is 25.4 Å². The maximum absolute atomic E-state index is 5.87. The third-order valence-corrected chi connectivity index (χ3v) is 3.00. The maximum atomic E-state index is 5.87. The van der Waals surface area contributed by atoms with Crippen LogP contribution in [0.15, 0.2) is 30.5 Å². The van der Waals surface area contributed by atoms with Gasteiger partial charge in [-0.1, -0.05) is 6.07 Å². The van der Waals surface area contributed by atoms with Crippen LogP contribution in [0.4, 0.5) is 11.6 Å². The fourth-order valence-electron chi connectivity index (χ4n) is 1.96. The number of ether oxygens (including phenoxy) is 1. The Kier molecular flexibility index (Phi) is 5.45. The predicted octanol–water partition coefficient (Wildman–Crippen LogP) is 2.02. The van der Waals surface area contributed by atoms with Gasteiger partial charge in [-0.25, -0.2) is 9.97 Å². The van der Waals surface area contributed by atoms with E-state index in [0.29, 0.717) is 31.4 Å². The average Bonchev–Trinajstić information content (AvgIpc) is 2.51. The summed E-state index contributed by atoms with van der Waals surface area (Å²) in [6.45, 7) is 6.49. The first-order valence-corrected chi connectivity index (χ1v) is 7.09. The fraction of sp³-hybridized carbons (Fsp3) is 0.400. The average molecular weight is 287 g/mol. The summed E-state index contributed by atoms with van der Waals surface area (Å²) in [5, 5.41) is 0. The van der Waals surface area contributed by atoms with E-state index in [1.54, 1.807) is 12.3 Å². The summed E-state index contributed by atoms with van der Waals surface area (Å²) in [7, 11) is 0. The second-order valence-electron chi connectivity index (χ2n) is 4.54. The van der Waals surface area contributed by atoms with E-state index in [9.17, 15) is 0 Å². The molecule has 6 nitrogen and oxygen atoms in total. The molecule has 0 bridgehead atoms. The summed E-state index contributed by atoms with van der Waals surface area (Å²) in [4.78, 5) is 15.2. The van der Waals surface area contributed by atoms with Crippen molar-refractivity contribution in [1.82, 2.24) is 15.0 Å². The molecule has 112 valence electrons. The molecule has 2 aromatic heterocycles. The molecule has 0 aliphatic carbocycles. The summed E-state index contributed by atoms with van der Waals surface area (Å²) >= 11 is 0. The van der Waals surface area contributed by atoms with Gasteiger partial charge in [0.25, 0.3) is 0 Å². The molecule has 0 aliphatic rings. The van der Waals surface area contributed by atoms with Gasteiger partial charge in [-0.05, 0) is 26.0 Å². The lowest BCUT2D eigenvalue weighted by Gasteiger charge is -2.22. The summed E-state index contributed by atoms with van der Waals surface area (Å²) in [5.41, 5.74) is 6.86. The van der Waals surface area contributed by atoms with Gasteiger partial charge in [-0.2, -0.15) is 0 Å². The quantitative estimate of drug-likeness (QED) is 0.839. The van der Waals surface area contributed by atoms with Crippen molar-refractivity contribution in [3.63, 3.8) is 0 Å². The summed E-state index contributed by atoms with van der Waals surface area (Å²) in [6.07, 6.45) is 1.79. The largest absolute Gasteiger partial charge is 0.384 e. The van der Waals surface area contributed by atoms with Crippen LogP contribution in [-0.2, 0) is 17.9 Å². The Hall–Kier alpha value is -2.21. The molecular formula is C15H21N5O. The maximum Gasteiger partial charge on any atom is 0.158 e. The molecule has 21 heavy (non-hydrogen) atoms. The second kappa shape index (κ2) is 7.54. The molecule has 0 amide bonds. The predicted molar refractivity (Wildman–Crippen MR) is 82.7 cm³/mol. The van der Waals surface area contributed by atoms with Crippen LogP contribution < -0.4 is 10.6 Å². The van der Waals surface area contributed by atoms with Gasteiger partial charge in [0.2, 0.25) is 0 Å². The molecule has 2 aromatic rings. The van der Waals surface area contributed by atoms with Crippen molar-refractivity contribution < 1.29 is 4.74 Å².